The summed E-state index contributed by atoms with van der Waals surface area (Å²) in [6.07, 6.45) is 7.17. The Labute approximate surface area is 224 Å². The van der Waals surface area contributed by atoms with Crippen molar-refractivity contribution in [1.29, 1.82) is 0 Å². The van der Waals surface area contributed by atoms with E-state index >= 15 is 0 Å². The van der Waals surface area contributed by atoms with Gasteiger partial charge >= 0.3 is 0 Å². The molecule has 9 nitrogen and oxygen atoms in total. The third-order valence-corrected chi connectivity index (χ3v) is 10.1. The molecule has 38 heavy (non-hydrogen) atoms. The average molecular weight is 541 g/mol. The molecule has 2 aromatic carbocycles. The molecule has 0 radical (unpaired) electrons. The number of ether oxygens (including phenoxy) is 1. The number of carbonyl (C=O) groups is 2. The molecule has 0 heterocycles. The lowest BCUT2D eigenvalue weighted by Crippen LogP contribution is -2.55. The van der Waals surface area contributed by atoms with Crippen LogP contribution in [0, 0.1) is 23.2 Å². The van der Waals surface area contributed by atoms with Gasteiger partial charge in [0, 0.05) is 17.3 Å². The maximum absolute atomic E-state index is 13.3. The van der Waals surface area contributed by atoms with E-state index in [9.17, 15) is 18.0 Å². The van der Waals surface area contributed by atoms with Crippen molar-refractivity contribution in [3.63, 3.8) is 0 Å². The Balaban J connectivity index is 1.16. The van der Waals surface area contributed by atoms with E-state index in [4.69, 9.17) is 4.74 Å². The number of rotatable bonds is 9. The molecule has 4 bridgehead atoms. The van der Waals surface area contributed by atoms with E-state index in [0.29, 0.717) is 5.75 Å². The molecule has 1 atom stereocenters. The van der Waals surface area contributed by atoms with Crippen LogP contribution in [-0.2, 0) is 14.8 Å². The SMILES string of the molecule is COc1ccc(NCC(=O)NNC(=O)c2cccc(S(=O)(=O)N[C@H](C)C34CC5CC(CC(C5)C3)C4)c2)cc1. The quantitative estimate of drug-likeness (QED) is 0.361. The Kier molecular flexibility index (Phi) is 7.37. The minimum absolute atomic E-state index is 0.0287. The molecule has 10 heteroatoms. The smallest absolute Gasteiger partial charge is 0.269 e. The summed E-state index contributed by atoms with van der Waals surface area (Å²) in [6.45, 7) is 1.93. The summed E-state index contributed by atoms with van der Waals surface area (Å²) in [4.78, 5) is 24.9. The maximum atomic E-state index is 13.3. The molecule has 4 saturated carbocycles. The number of amides is 2. The normalized spacial score (nSPS) is 26.4. The number of sulfonamides is 1. The number of methoxy groups -OCH3 is 1. The molecule has 0 aromatic heterocycles. The van der Waals surface area contributed by atoms with Crippen molar-refractivity contribution in [2.75, 3.05) is 19.0 Å². The van der Waals surface area contributed by atoms with Crippen LogP contribution in [0.3, 0.4) is 0 Å². The number of hydrogen-bond donors (Lipinski definition) is 4. The van der Waals surface area contributed by atoms with Crippen LogP contribution in [0.1, 0.15) is 55.8 Å². The fraction of sp³-hybridized carbons (Fsp3) is 0.500. The van der Waals surface area contributed by atoms with E-state index < -0.39 is 21.8 Å². The maximum Gasteiger partial charge on any atom is 0.269 e. The van der Waals surface area contributed by atoms with E-state index in [1.165, 1.54) is 43.5 Å². The van der Waals surface area contributed by atoms with Crippen LogP contribution in [0.15, 0.2) is 53.4 Å². The van der Waals surface area contributed by atoms with Crippen LogP contribution < -0.4 is 25.6 Å². The lowest BCUT2D eigenvalue weighted by molar-refractivity contribution is -0.120. The van der Waals surface area contributed by atoms with Gasteiger partial charge in [0.2, 0.25) is 10.0 Å². The first-order valence-electron chi connectivity index (χ1n) is 13.3. The summed E-state index contributed by atoms with van der Waals surface area (Å²) in [5.41, 5.74) is 5.58. The molecule has 0 aliphatic heterocycles. The number of nitrogens with one attached hydrogen (secondary N) is 4. The van der Waals surface area contributed by atoms with Gasteiger partial charge < -0.3 is 10.1 Å². The Bertz CT molecular complexity index is 1260. The van der Waals surface area contributed by atoms with Crippen molar-refractivity contribution in [2.45, 2.75) is 56.4 Å². The van der Waals surface area contributed by atoms with Crippen LogP contribution in [0.4, 0.5) is 5.69 Å². The highest BCUT2D eigenvalue weighted by Crippen LogP contribution is 2.61. The van der Waals surface area contributed by atoms with Gasteiger partial charge in [-0.05, 0) is 111 Å². The summed E-state index contributed by atoms with van der Waals surface area (Å²) in [5.74, 6) is 1.82. The molecular weight excluding hydrogens is 504 g/mol. The minimum Gasteiger partial charge on any atom is -0.497 e. The lowest BCUT2D eigenvalue weighted by Gasteiger charge is -2.59. The summed E-state index contributed by atoms with van der Waals surface area (Å²) < 4.78 is 34.7. The second kappa shape index (κ2) is 10.6. The van der Waals surface area contributed by atoms with Crippen molar-refractivity contribution < 1.29 is 22.7 Å². The van der Waals surface area contributed by atoms with Gasteiger partial charge in [-0.1, -0.05) is 6.07 Å². The lowest BCUT2D eigenvalue weighted by atomic mass is 9.48. The second-order valence-corrected chi connectivity index (χ2v) is 12.9. The van der Waals surface area contributed by atoms with Crippen molar-refractivity contribution in [1.82, 2.24) is 15.6 Å². The number of benzene rings is 2. The molecule has 4 N–H and O–H groups in total. The highest BCUT2D eigenvalue weighted by atomic mass is 32.2. The summed E-state index contributed by atoms with van der Waals surface area (Å²) >= 11 is 0. The van der Waals surface area contributed by atoms with E-state index in [1.54, 1.807) is 31.4 Å². The zero-order valence-corrected chi connectivity index (χ0v) is 22.6. The van der Waals surface area contributed by atoms with Crippen molar-refractivity contribution in [3.8, 4) is 5.75 Å². The van der Waals surface area contributed by atoms with Crippen molar-refractivity contribution in [2.24, 2.45) is 23.2 Å². The molecule has 4 fully saturated rings. The first-order valence-corrected chi connectivity index (χ1v) is 14.7. The van der Waals surface area contributed by atoms with E-state index in [-0.39, 0.29) is 28.5 Å². The predicted molar refractivity (Wildman–Crippen MR) is 144 cm³/mol. The van der Waals surface area contributed by atoms with E-state index in [0.717, 1.165) is 42.7 Å². The predicted octanol–water partition coefficient (Wildman–Crippen LogP) is 3.45. The van der Waals surface area contributed by atoms with Crippen molar-refractivity contribution in [3.05, 3.63) is 54.1 Å². The van der Waals surface area contributed by atoms with Gasteiger partial charge in [0.15, 0.2) is 0 Å². The second-order valence-electron chi connectivity index (χ2n) is 11.2. The fourth-order valence-corrected chi connectivity index (χ4v) is 8.46. The topological polar surface area (TPSA) is 126 Å². The highest BCUT2D eigenvalue weighted by Gasteiger charge is 2.53. The third kappa shape index (κ3) is 5.66. The van der Waals surface area contributed by atoms with Gasteiger partial charge in [0.1, 0.15) is 5.75 Å². The molecule has 204 valence electrons. The number of anilines is 1. The highest BCUT2D eigenvalue weighted by molar-refractivity contribution is 7.89. The summed E-state index contributed by atoms with van der Waals surface area (Å²) in [5, 5.41) is 2.95. The largest absolute Gasteiger partial charge is 0.497 e. The molecular formula is C28H36N4O5S. The van der Waals surface area contributed by atoms with Gasteiger partial charge in [-0.15, -0.1) is 0 Å². The molecule has 2 aromatic rings. The Morgan fingerprint density at radius 3 is 2.21 bits per heavy atom. The fourth-order valence-electron chi connectivity index (χ4n) is 7.07. The number of carbonyl (C=O) groups excluding carboxylic acids is 2. The summed E-state index contributed by atoms with van der Waals surface area (Å²) in [6, 6.07) is 12.8. The molecule has 4 aliphatic carbocycles. The molecule has 0 spiro atoms. The third-order valence-electron chi connectivity index (χ3n) is 8.60. The monoisotopic (exact) mass is 540 g/mol. The van der Waals surface area contributed by atoms with Gasteiger partial charge in [-0.25, -0.2) is 13.1 Å². The number of hydrogen-bond acceptors (Lipinski definition) is 6. The van der Waals surface area contributed by atoms with Gasteiger partial charge in [-0.2, -0.15) is 0 Å². The molecule has 0 unspecified atom stereocenters. The average Bonchev–Trinajstić information content (AvgIpc) is 2.90. The zero-order chi connectivity index (χ0) is 26.9. The minimum atomic E-state index is -3.82. The van der Waals surface area contributed by atoms with Crippen LogP contribution in [0.25, 0.3) is 0 Å². The van der Waals surface area contributed by atoms with E-state index in [2.05, 4.69) is 20.9 Å². The molecule has 4 aliphatic rings. The Hall–Kier alpha value is -3.11. The Morgan fingerprint density at radius 2 is 1.61 bits per heavy atom. The first kappa shape index (κ1) is 26.5. The summed E-state index contributed by atoms with van der Waals surface area (Å²) in [7, 11) is -2.25. The van der Waals surface area contributed by atoms with Gasteiger partial charge in [0.05, 0.1) is 18.6 Å². The van der Waals surface area contributed by atoms with Crippen LogP contribution in [0.5, 0.6) is 5.75 Å². The van der Waals surface area contributed by atoms with Crippen molar-refractivity contribution >= 4 is 27.5 Å². The standard InChI is InChI=1S/C28H36N4O5S/c1-18(28-14-19-10-20(15-28)12-21(11-19)16-28)32-38(35,36)25-5-3-4-22(13-25)27(34)31-30-26(33)17-29-23-6-8-24(37-2)9-7-23/h3-9,13,18-21,29,32H,10-12,14-17H2,1-2H3,(H,30,33)(H,31,34)/t18-,19?,20?,21?,28?/m1/s1. The van der Waals surface area contributed by atoms with Gasteiger partial charge in [0.25, 0.3) is 11.8 Å². The van der Waals surface area contributed by atoms with E-state index in [1.807, 2.05) is 6.92 Å². The molecule has 2 amide bonds. The zero-order valence-electron chi connectivity index (χ0n) is 21.8. The van der Waals surface area contributed by atoms with Crippen LogP contribution in [0.2, 0.25) is 0 Å². The number of hydrazine groups is 1. The molecule has 0 saturated heterocycles. The van der Waals surface area contributed by atoms with Gasteiger partial charge in [-0.3, -0.25) is 20.4 Å². The first-order chi connectivity index (χ1) is 18.2. The Morgan fingerprint density at radius 1 is 0.974 bits per heavy atom. The van der Waals surface area contributed by atoms with Crippen LogP contribution >= 0.6 is 0 Å². The van der Waals surface area contributed by atoms with Crippen LogP contribution in [-0.4, -0.2) is 39.9 Å². The molecule has 6 rings (SSSR count).